The lowest BCUT2D eigenvalue weighted by molar-refractivity contribution is -0.127. The molecule has 218 valence electrons. The third-order valence-corrected chi connectivity index (χ3v) is 6.90. The van der Waals surface area contributed by atoms with Crippen LogP contribution in [0.4, 0.5) is 0 Å². The molecule has 0 aliphatic carbocycles. The Kier molecular flexibility index (Phi) is 12.8. The Morgan fingerprint density at radius 1 is 1.15 bits per heavy atom. The van der Waals surface area contributed by atoms with Gasteiger partial charge in [-0.3, -0.25) is 19.2 Å². The lowest BCUT2D eigenvalue weighted by Gasteiger charge is -2.31. The Morgan fingerprint density at radius 3 is 2.37 bits per heavy atom. The minimum atomic E-state index is -0.613. The third-order valence-electron chi connectivity index (χ3n) is 5.88. The number of aromatic amines is 1. The first kappa shape index (κ1) is 32.8. The van der Waals surface area contributed by atoms with Gasteiger partial charge in [0, 0.05) is 37.9 Å². The molecule has 1 aliphatic heterocycles. The van der Waals surface area contributed by atoms with Crippen molar-refractivity contribution in [2.75, 3.05) is 40.3 Å². The number of ether oxygens (including phenoxy) is 1. The largest absolute Gasteiger partial charge is 0.494 e. The number of rotatable bonds is 8. The van der Waals surface area contributed by atoms with Crippen molar-refractivity contribution in [2.24, 2.45) is 5.73 Å². The van der Waals surface area contributed by atoms with Crippen LogP contribution >= 0.6 is 11.3 Å². The maximum Gasteiger partial charge on any atom is 0.295 e. The van der Waals surface area contributed by atoms with Gasteiger partial charge in [0.25, 0.3) is 17.6 Å². The zero-order valence-electron chi connectivity index (χ0n) is 24.0. The number of amides is 2. The molecular formula is C29H36N6O5S. The number of nitrogens with zero attached hydrogens (tertiary/aromatic N) is 4. The highest BCUT2D eigenvalue weighted by atomic mass is 32.1. The second-order valence-electron chi connectivity index (χ2n) is 8.47. The molecule has 3 aromatic heterocycles. The van der Waals surface area contributed by atoms with E-state index in [0.717, 1.165) is 30.7 Å². The van der Waals surface area contributed by atoms with Gasteiger partial charge in [0.05, 0.1) is 36.0 Å². The summed E-state index contributed by atoms with van der Waals surface area (Å²) in [6.07, 6.45) is 11.9. The number of thiazole rings is 1. The molecule has 0 spiro atoms. The maximum absolute atomic E-state index is 13.0. The number of aromatic nitrogens is 3. The van der Waals surface area contributed by atoms with Crippen molar-refractivity contribution >= 4 is 46.1 Å². The molecule has 2 amide bonds. The average molecular weight is 581 g/mol. The molecule has 12 heteroatoms. The van der Waals surface area contributed by atoms with Gasteiger partial charge in [-0.2, -0.15) is 0 Å². The van der Waals surface area contributed by atoms with Crippen LogP contribution in [0.2, 0.25) is 0 Å². The van der Waals surface area contributed by atoms with Crippen molar-refractivity contribution in [3.05, 3.63) is 65.5 Å². The molecule has 0 bridgehead atoms. The molecule has 3 N–H and O–H groups in total. The van der Waals surface area contributed by atoms with Gasteiger partial charge in [-0.15, -0.1) is 11.3 Å². The number of hydrogen-bond donors (Lipinski definition) is 2. The van der Waals surface area contributed by atoms with Crippen molar-refractivity contribution < 1.29 is 23.9 Å². The summed E-state index contributed by atoms with van der Waals surface area (Å²) in [6, 6.07) is 0. The number of carbonyl (C=O) groups excluding carboxylic acids is 4. The molecule has 0 aromatic carbocycles. The van der Waals surface area contributed by atoms with Gasteiger partial charge in [0.15, 0.2) is 0 Å². The van der Waals surface area contributed by atoms with E-state index < -0.39 is 17.6 Å². The molecular weight excluding hydrogens is 544 g/mol. The Balaban J connectivity index is 0.000000459. The van der Waals surface area contributed by atoms with Gasteiger partial charge in [-0.25, -0.2) is 9.97 Å². The molecule has 41 heavy (non-hydrogen) atoms. The van der Waals surface area contributed by atoms with Gasteiger partial charge >= 0.3 is 0 Å². The molecule has 0 radical (unpaired) electrons. The second-order valence-corrected chi connectivity index (χ2v) is 9.50. The monoisotopic (exact) mass is 580 g/mol. The van der Waals surface area contributed by atoms with Crippen LogP contribution < -0.4 is 10.5 Å². The fourth-order valence-electron chi connectivity index (χ4n) is 3.84. The van der Waals surface area contributed by atoms with Crippen LogP contribution in [0.25, 0.3) is 21.6 Å². The summed E-state index contributed by atoms with van der Waals surface area (Å²) < 4.78 is 5.39. The predicted octanol–water partition coefficient (Wildman–Crippen LogP) is 3.65. The average Bonchev–Trinajstić information content (AvgIpc) is 3.66. The van der Waals surface area contributed by atoms with Gasteiger partial charge in [-0.1, -0.05) is 44.7 Å². The van der Waals surface area contributed by atoms with Crippen LogP contribution in [0.5, 0.6) is 5.75 Å². The summed E-state index contributed by atoms with van der Waals surface area (Å²) in [4.78, 5) is 62.9. The molecule has 0 atom stereocenters. The molecule has 11 nitrogen and oxygen atoms in total. The van der Waals surface area contributed by atoms with E-state index >= 15 is 0 Å². The normalized spacial score (nSPS) is 13.6. The van der Waals surface area contributed by atoms with Crippen molar-refractivity contribution in [1.29, 1.82) is 0 Å². The van der Waals surface area contributed by atoms with Crippen molar-refractivity contribution in [3.8, 4) is 16.5 Å². The van der Waals surface area contributed by atoms with E-state index in [9.17, 15) is 19.2 Å². The number of fused-ring (bicyclic) bond motifs is 1. The van der Waals surface area contributed by atoms with Crippen molar-refractivity contribution in [3.63, 3.8) is 0 Å². The quantitative estimate of drug-likeness (QED) is 0.135. The number of piperazine rings is 1. The minimum absolute atomic E-state index is 0.209. The number of Topliss-reactive ketones (excluding diaryl/α,β-unsaturated/α-hetero) is 1. The SMILES string of the molecule is C=C/C=C(C=O)\C=C/C.CC.COc1cnc(-c2ncc(C(N)=O)s2)c2[nH]cc(C(=O)C(=O)N3CCN(C)CC3)c12. The molecule has 0 saturated carbocycles. The van der Waals surface area contributed by atoms with Crippen LogP contribution in [0.15, 0.2) is 55.0 Å². The molecule has 1 saturated heterocycles. The first-order valence-electron chi connectivity index (χ1n) is 13.0. The second kappa shape index (κ2) is 16.0. The summed E-state index contributed by atoms with van der Waals surface area (Å²) in [5.41, 5.74) is 7.10. The van der Waals surface area contributed by atoms with Crippen LogP contribution in [0.1, 0.15) is 40.8 Å². The van der Waals surface area contributed by atoms with Gasteiger partial charge in [-0.05, 0) is 14.0 Å². The van der Waals surface area contributed by atoms with E-state index in [1.165, 1.54) is 25.7 Å². The van der Waals surface area contributed by atoms with E-state index in [2.05, 4.69) is 26.4 Å². The fourth-order valence-corrected chi connectivity index (χ4v) is 4.61. The number of nitrogens with one attached hydrogen (secondary N) is 1. The number of pyridine rings is 1. The predicted molar refractivity (Wildman–Crippen MR) is 161 cm³/mol. The van der Waals surface area contributed by atoms with Gasteiger partial charge < -0.3 is 25.3 Å². The van der Waals surface area contributed by atoms with Crippen LogP contribution in [0.3, 0.4) is 0 Å². The zero-order valence-corrected chi connectivity index (χ0v) is 24.8. The Hall–Kier alpha value is -4.42. The topological polar surface area (TPSA) is 152 Å². The highest BCUT2D eigenvalue weighted by Gasteiger charge is 2.29. The van der Waals surface area contributed by atoms with Crippen LogP contribution in [-0.4, -0.2) is 89.0 Å². The number of likely N-dealkylation sites (N-methyl/N-ethyl adjacent to an activating group) is 1. The van der Waals surface area contributed by atoms with E-state index in [0.29, 0.717) is 50.9 Å². The Morgan fingerprint density at radius 2 is 1.83 bits per heavy atom. The number of nitrogens with two attached hydrogens (primary N) is 1. The molecule has 3 aromatic rings. The molecule has 4 heterocycles. The minimum Gasteiger partial charge on any atom is -0.494 e. The zero-order chi connectivity index (χ0) is 30.5. The van der Waals surface area contributed by atoms with Crippen LogP contribution in [-0.2, 0) is 9.59 Å². The first-order valence-corrected chi connectivity index (χ1v) is 13.8. The van der Waals surface area contributed by atoms with Crippen LogP contribution in [0, 0.1) is 0 Å². The Bertz CT molecular complexity index is 1450. The highest BCUT2D eigenvalue weighted by Crippen LogP contribution is 2.36. The maximum atomic E-state index is 13.0. The fraction of sp³-hybridized carbons (Fsp3) is 0.310. The standard InChI is InChI=1S/C19H20N6O4S.C8H10O.C2H6/c1-24-3-5-25(6-4-24)19(28)16(26)10-7-21-14-13(10)11(29-2)8-22-15(14)18-23-9-12(30-18)17(20)27;1-3-5-8(7-9)6-4-2;1-2/h7-9,21H,3-6H2,1-2H3,(H2,20,27);3-7H,1H2,2H3;1-2H3/b;6-4-,8-5+;. The number of H-pyrrole nitrogens is 1. The number of ketones is 1. The van der Waals surface area contributed by atoms with E-state index in [4.69, 9.17) is 10.5 Å². The van der Waals surface area contributed by atoms with E-state index in [1.807, 2.05) is 33.9 Å². The summed E-state index contributed by atoms with van der Waals surface area (Å²) in [5, 5.41) is 0.911. The summed E-state index contributed by atoms with van der Waals surface area (Å²) >= 11 is 1.10. The Labute approximate surface area is 243 Å². The number of allylic oxidation sites excluding steroid dienone is 5. The van der Waals surface area contributed by atoms with Gasteiger partial charge in [0.1, 0.15) is 27.6 Å². The van der Waals surface area contributed by atoms with E-state index in [-0.39, 0.29) is 5.56 Å². The van der Waals surface area contributed by atoms with Crippen molar-refractivity contribution in [1.82, 2.24) is 24.8 Å². The number of methoxy groups -OCH3 is 1. The van der Waals surface area contributed by atoms with Gasteiger partial charge in [0.2, 0.25) is 0 Å². The highest BCUT2D eigenvalue weighted by molar-refractivity contribution is 7.17. The number of hydrogen-bond acceptors (Lipinski definition) is 9. The third kappa shape index (κ3) is 8.05. The molecule has 0 unspecified atom stereocenters. The first-order chi connectivity index (χ1) is 19.7. The number of primary amides is 1. The summed E-state index contributed by atoms with van der Waals surface area (Å²) in [7, 11) is 3.44. The molecule has 1 aliphatic rings. The number of carbonyl (C=O) groups is 4. The smallest absolute Gasteiger partial charge is 0.295 e. The molecule has 1 fully saturated rings. The number of aldehydes is 1. The molecule has 4 rings (SSSR count). The van der Waals surface area contributed by atoms with Crippen molar-refractivity contribution in [2.45, 2.75) is 20.8 Å². The summed E-state index contributed by atoms with van der Waals surface area (Å²) in [5.74, 6) is -1.38. The lowest BCUT2D eigenvalue weighted by atomic mass is 10.1. The lowest BCUT2D eigenvalue weighted by Crippen LogP contribution is -2.49. The summed E-state index contributed by atoms with van der Waals surface area (Å²) in [6.45, 7) is 11.8. The van der Waals surface area contributed by atoms with E-state index in [1.54, 1.807) is 23.1 Å².